The first-order valence-corrected chi connectivity index (χ1v) is 12.1. The second-order valence-electron chi connectivity index (χ2n) is 6.99. The van der Waals surface area contributed by atoms with Gasteiger partial charge >= 0.3 is 23.6 Å². The number of rotatable bonds is 9. The summed E-state index contributed by atoms with van der Waals surface area (Å²) in [7, 11) is -3.98. The standard InChI is InChI=1S/C20H16Cl2F6N4O5S/c1-3-36-14(33)8-31(9-15(34)37-4-2)18-17(38(35)20(26,27)28)13(7-29)30-32(18)16-11(21)5-10(6-12(16)22)19(23,24)25/h5-6H,3-4,8-9H2,1-2H3. The number of carbonyl (C=O) groups excluding carboxylic acids is 2. The fourth-order valence-electron chi connectivity index (χ4n) is 3.05. The second-order valence-corrected chi connectivity index (χ2v) is 9.21. The molecule has 2 aromatic rings. The number of ether oxygens (including phenoxy) is 2. The number of halogens is 8. The van der Waals surface area contributed by atoms with Gasteiger partial charge in [-0.05, 0) is 26.0 Å². The number of aromatic nitrogens is 2. The van der Waals surface area contributed by atoms with Crippen molar-refractivity contribution in [3.8, 4) is 11.8 Å². The summed E-state index contributed by atoms with van der Waals surface area (Å²) in [5.74, 6) is -3.09. The van der Waals surface area contributed by atoms with E-state index in [2.05, 4.69) is 5.10 Å². The molecule has 0 spiro atoms. The third kappa shape index (κ3) is 7.08. The van der Waals surface area contributed by atoms with E-state index in [4.69, 9.17) is 32.7 Å². The van der Waals surface area contributed by atoms with Gasteiger partial charge in [0.25, 0.3) is 0 Å². The van der Waals surface area contributed by atoms with Crippen molar-refractivity contribution < 1.29 is 49.6 Å². The molecule has 0 bridgehead atoms. The molecule has 0 saturated carbocycles. The Labute approximate surface area is 223 Å². The van der Waals surface area contributed by atoms with Gasteiger partial charge in [0.2, 0.25) is 0 Å². The first-order chi connectivity index (χ1) is 17.6. The fraction of sp³-hybridized carbons (Fsp3) is 0.400. The molecule has 1 aromatic heterocycles. The number of anilines is 1. The minimum atomic E-state index is -5.47. The molecule has 2 rings (SSSR count). The van der Waals surface area contributed by atoms with Crippen LogP contribution in [-0.2, 0) is 36.0 Å². The molecule has 0 radical (unpaired) electrons. The van der Waals surface area contributed by atoms with E-state index in [9.17, 15) is 45.4 Å². The number of hydrogen-bond donors (Lipinski definition) is 0. The van der Waals surface area contributed by atoms with Crippen molar-refractivity contribution in [3.63, 3.8) is 0 Å². The molecule has 1 heterocycles. The van der Waals surface area contributed by atoms with Crippen LogP contribution in [0.1, 0.15) is 25.1 Å². The minimum absolute atomic E-state index is 0.174. The molecule has 0 saturated heterocycles. The molecule has 0 aliphatic heterocycles. The zero-order valence-corrected chi connectivity index (χ0v) is 21.6. The van der Waals surface area contributed by atoms with Crippen LogP contribution >= 0.6 is 23.2 Å². The smallest absolute Gasteiger partial charge is 0.465 e. The van der Waals surface area contributed by atoms with Gasteiger partial charge in [-0.2, -0.15) is 36.7 Å². The quantitative estimate of drug-likeness (QED) is 0.299. The van der Waals surface area contributed by atoms with Gasteiger partial charge in [0, 0.05) is 0 Å². The van der Waals surface area contributed by atoms with Crippen molar-refractivity contribution >= 4 is 51.8 Å². The predicted octanol–water partition coefficient (Wildman–Crippen LogP) is 4.63. The maximum atomic E-state index is 13.6. The Hall–Kier alpha value is -3.03. The maximum Gasteiger partial charge on any atom is 0.476 e. The summed E-state index contributed by atoms with van der Waals surface area (Å²) < 4.78 is 103. The van der Waals surface area contributed by atoms with Crippen molar-refractivity contribution in [3.05, 3.63) is 33.4 Å². The summed E-state index contributed by atoms with van der Waals surface area (Å²) in [6.07, 6.45) is -4.92. The first-order valence-electron chi connectivity index (χ1n) is 10.2. The first kappa shape index (κ1) is 31.2. The molecule has 18 heteroatoms. The molecular formula is C20H16Cl2F6N4O5S. The third-order valence-corrected chi connectivity index (χ3v) is 6.17. The molecule has 0 aliphatic rings. The molecule has 1 unspecified atom stereocenters. The zero-order valence-electron chi connectivity index (χ0n) is 19.2. The average molecular weight is 609 g/mol. The van der Waals surface area contributed by atoms with Crippen LogP contribution in [0.5, 0.6) is 0 Å². The average Bonchev–Trinajstić information content (AvgIpc) is 3.15. The molecule has 9 nitrogen and oxygen atoms in total. The van der Waals surface area contributed by atoms with Gasteiger partial charge < -0.3 is 14.4 Å². The zero-order chi connectivity index (χ0) is 29.0. The van der Waals surface area contributed by atoms with Crippen molar-refractivity contribution in [1.82, 2.24) is 9.78 Å². The molecule has 1 atom stereocenters. The Bertz CT molecular complexity index is 1250. The van der Waals surface area contributed by atoms with Crippen molar-refractivity contribution in [2.24, 2.45) is 0 Å². The van der Waals surface area contributed by atoms with Crippen LogP contribution in [0.15, 0.2) is 17.0 Å². The highest BCUT2D eigenvalue weighted by molar-refractivity contribution is 7.86. The van der Waals surface area contributed by atoms with E-state index in [-0.39, 0.29) is 13.2 Å². The molecule has 0 fully saturated rings. The number of alkyl halides is 6. The van der Waals surface area contributed by atoms with Crippen LogP contribution in [0.3, 0.4) is 0 Å². The van der Waals surface area contributed by atoms with E-state index >= 15 is 0 Å². The number of esters is 2. The normalized spacial score (nSPS) is 12.6. The van der Waals surface area contributed by atoms with Crippen LogP contribution in [0, 0.1) is 11.3 Å². The van der Waals surface area contributed by atoms with E-state index in [0.29, 0.717) is 21.7 Å². The van der Waals surface area contributed by atoms with E-state index in [1.165, 1.54) is 19.9 Å². The van der Waals surface area contributed by atoms with Gasteiger partial charge in [-0.1, -0.05) is 23.2 Å². The minimum Gasteiger partial charge on any atom is -0.465 e. The van der Waals surface area contributed by atoms with Crippen molar-refractivity contribution in [2.45, 2.75) is 30.4 Å². The topological polar surface area (TPSA) is 115 Å². The van der Waals surface area contributed by atoms with E-state index in [1.807, 2.05) is 0 Å². The largest absolute Gasteiger partial charge is 0.476 e. The Balaban J connectivity index is 2.98. The van der Waals surface area contributed by atoms with Gasteiger partial charge in [-0.15, -0.1) is 0 Å². The van der Waals surface area contributed by atoms with Crippen LogP contribution in [0.25, 0.3) is 5.69 Å². The van der Waals surface area contributed by atoms with E-state index < -0.39 is 85.2 Å². The van der Waals surface area contributed by atoms with Crippen molar-refractivity contribution in [1.29, 1.82) is 5.26 Å². The summed E-state index contributed by atoms with van der Waals surface area (Å²) in [4.78, 5) is 23.8. The lowest BCUT2D eigenvalue weighted by atomic mass is 10.2. The fourth-order valence-corrected chi connectivity index (χ4v) is 4.57. The molecule has 38 heavy (non-hydrogen) atoms. The van der Waals surface area contributed by atoms with E-state index in [0.717, 1.165) is 0 Å². The molecule has 0 aliphatic carbocycles. The number of nitriles is 1. The Morgan fingerprint density at radius 3 is 1.89 bits per heavy atom. The summed E-state index contributed by atoms with van der Waals surface area (Å²) in [6, 6.07) is 2.10. The maximum absolute atomic E-state index is 13.6. The van der Waals surface area contributed by atoms with Gasteiger partial charge in [-0.3, -0.25) is 9.59 Å². The summed E-state index contributed by atoms with van der Waals surface area (Å²) >= 11 is 12.0. The van der Waals surface area contributed by atoms with Crippen LogP contribution in [-0.4, -0.2) is 57.7 Å². The highest BCUT2D eigenvalue weighted by Crippen LogP contribution is 2.42. The Morgan fingerprint density at radius 1 is 1.05 bits per heavy atom. The van der Waals surface area contributed by atoms with Crippen LogP contribution in [0.2, 0.25) is 10.0 Å². The summed E-state index contributed by atoms with van der Waals surface area (Å²) in [5.41, 5.74) is -8.54. The lowest BCUT2D eigenvalue weighted by molar-refractivity contribution is -0.142. The highest BCUT2D eigenvalue weighted by atomic mass is 35.5. The SMILES string of the molecule is CCOC(=O)CN(CC(=O)OCC)c1c(S(=O)C(F)(F)F)c(C#N)nn1-c1c(Cl)cc(C(F)(F)F)cc1Cl. The molecular weight excluding hydrogens is 593 g/mol. The molecule has 208 valence electrons. The molecule has 0 amide bonds. The molecule has 0 N–H and O–H groups in total. The summed E-state index contributed by atoms with van der Waals surface area (Å²) in [5, 5.41) is 11.6. The van der Waals surface area contributed by atoms with Crippen molar-refractivity contribution in [2.75, 3.05) is 31.2 Å². The highest BCUT2D eigenvalue weighted by Gasteiger charge is 2.45. The third-order valence-electron chi connectivity index (χ3n) is 4.43. The summed E-state index contributed by atoms with van der Waals surface area (Å²) in [6.45, 7) is 0.566. The number of benzene rings is 1. The molecule has 1 aromatic carbocycles. The van der Waals surface area contributed by atoms with Gasteiger partial charge in [0.15, 0.2) is 22.3 Å². The number of nitrogens with zero attached hydrogens (tertiary/aromatic N) is 4. The lowest BCUT2D eigenvalue weighted by Crippen LogP contribution is -2.38. The van der Waals surface area contributed by atoms with Gasteiger partial charge in [-0.25, -0.2) is 8.89 Å². The van der Waals surface area contributed by atoms with Gasteiger partial charge in [0.05, 0.1) is 28.8 Å². The van der Waals surface area contributed by atoms with Crippen LogP contribution < -0.4 is 4.90 Å². The van der Waals surface area contributed by atoms with Crippen LogP contribution in [0.4, 0.5) is 32.2 Å². The lowest BCUT2D eigenvalue weighted by Gasteiger charge is -2.25. The van der Waals surface area contributed by atoms with E-state index in [1.54, 1.807) is 0 Å². The predicted molar refractivity (Wildman–Crippen MR) is 121 cm³/mol. The number of carbonyl (C=O) groups is 2. The number of hydrogen-bond acceptors (Lipinski definition) is 8. The second kappa shape index (κ2) is 12.2. The van der Waals surface area contributed by atoms with Gasteiger partial charge in [0.1, 0.15) is 29.7 Å². The Kier molecular flexibility index (Phi) is 10.0. The monoisotopic (exact) mass is 608 g/mol. The Morgan fingerprint density at radius 2 is 1.53 bits per heavy atom.